The van der Waals surface area contributed by atoms with Gasteiger partial charge in [-0.2, -0.15) is 0 Å². The zero-order valence-corrected chi connectivity index (χ0v) is 55.8. The Morgan fingerprint density at radius 3 is 0.866 bits per heavy atom. The number of unbranched alkanes of at least 4 members (excludes halogenated alkanes) is 56. The molecule has 0 rings (SSSR count). The Morgan fingerprint density at radius 1 is 0.329 bits per heavy atom. The molecule has 486 valence electrons. The number of hydrogen-bond donors (Lipinski definition) is 3. The molecule has 3 N–H and O–H groups in total. The van der Waals surface area contributed by atoms with Crippen LogP contribution in [0.2, 0.25) is 0 Å². The van der Waals surface area contributed by atoms with Gasteiger partial charge in [0.15, 0.2) is 0 Å². The van der Waals surface area contributed by atoms with Gasteiger partial charge in [-0.25, -0.2) is 0 Å². The molecular weight excluding hydrogens is 1010 g/mol. The predicted octanol–water partition coefficient (Wildman–Crippen LogP) is 24.5. The number of rotatable bonds is 71. The maximum Gasteiger partial charge on any atom is 0.305 e. The molecule has 0 aliphatic heterocycles. The molecule has 0 aromatic heterocycles. The van der Waals surface area contributed by atoms with Gasteiger partial charge < -0.3 is 20.3 Å². The van der Waals surface area contributed by atoms with Crippen LogP contribution in [0.3, 0.4) is 0 Å². The minimum absolute atomic E-state index is 0.0117. The Labute approximate surface area is 513 Å². The minimum Gasteiger partial charge on any atom is -0.466 e. The Balaban J connectivity index is 3.39. The Bertz CT molecular complexity index is 1280. The molecule has 0 aliphatic rings. The minimum atomic E-state index is -0.668. The third-order valence-corrected chi connectivity index (χ3v) is 17.7. The van der Waals surface area contributed by atoms with Gasteiger partial charge in [0.25, 0.3) is 0 Å². The zero-order valence-electron chi connectivity index (χ0n) is 55.8. The lowest BCUT2D eigenvalue weighted by atomic mass is 10.0. The van der Waals surface area contributed by atoms with Crippen LogP contribution in [0.1, 0.15) is 425 Å². The average Bonchev–Trinajstić information content (AvgIpc) is 3.48. The van der Waals surface area contributed by atoms with Gasteiger partial charge in [0.1, 0.15) is 0 Å². The molecule has 2 atom stereocenters. The summed E-state index contributed by atoms with van der Waals surface area (Å²) in [5.74, 6) is -0.0215. The second kappa shape index (κ2) is 71.8. The Morgan fingerprint density at radius 2 is 0.573 bits per heavy atom. The van der Waals surface area contributed by atoms with Gasteiger partial charge in [-0.1, -0.05) is 359 Å². The van der Waals surface area contributed by atoms with Gasteiger partial charge in [0.2, 0.25) is 5.91 Å². The molecule has 0 bridgehead atoms. The number of hydrogen-bond acceptors (Lipinski definition) is 5. The van der Waals surface area contributed by atoms with E-state index in [-0.39, 0.29) is 18.5 Å². The van der Waals surface area contributed by atoms with E-state index in [1.165, 1.54) is 347 Å². The quantitative estimate of drug-likeness (QED) is 0.0320. The third-order valence-electron chi connectivity index (χ3n) is 17.7. The summed E-state index contributed by atoms with van der Waals surface area (Å²) in [6.07, 6.45) is 91.0. The highest BCUT2D eigenvalue weighted by Crippen LogP contribution is 2.19. The van der Waals surface area contributed by atoms with Crippen LogP contribution in [0.5, 0.6) is 0 Å². The zero-order chi connectivity index (χ0) is 59.2. The van der Waals surface area contributed by atoms with E-state index in [2.05, 4.69) is 43.5 Å². The summed E-state index contributed by atoms with van der Waals surface area (Å²) in [4.78, 5) is 24.7. The third kappa shape index (κ3) is 67.5. The van der Waals surface area contributed by atoms with Crippen molar-refractivity contribution in [2.45, 2.75) is 437 Å². The topological polar surface area (TPSA) is 95.9 Å². The molecule has 0 saturated heterocycles. The van der Waals surface area contributed by atoms with Crippen LogP contribution in [-0.4, -0.2) is 47.4 Å². The van der Waals surface area contributed by atoms with Crippen molar-refractivity contribution < 1.29 is 24.5 Å². The lowest BCUT2D eigenvalue weighted by Crippen LogP contribution is -2.45. The number of nitrogens with one attached hydrogen (secondary N) is 1. The lowest BCUT2D eigenvalue weighted by molar-refractivity contribution is -0.143. The normalized spacial score (nSPS) is 12.6. The molecule has 0 saturated carbocycles. The highest BCUT2D eigenvalue weighted by molar-refractivity contribution is 5.76. The van der Waals surface area contributed by atoms with Crippen molar-refractivity contribution in [1.82, 2.24) is 5.32 Å². The first-order valence-electron chi connectivity index (χ1n) is 37.6. The number of aliphatic hydroxyl groups is 2. The van der Waals surface area contributed by atoms with Crippen LogP contribution in [0.15, 0.2) is 24.3 Å². The number of allylic oxidation sites excluding steroid dienone is 4. The summed E-state index contributed by atoms with van der Waals surface area (Å²) in [6, 6.07) is -0.545. The van der Waals surface area contributed by atoms with E-state index in [0.717, 1.165) is 44.9 Å². The fourth-order valence-corrected chi connectivity index (χ4v) is 12.0. The first-order valence-corrected chi connectivity index (χ1v) is 37.6. The van der Waals surface area contributed by atoms with E-state index in [1.54, 1.807) is 0 Å². The molecule has 0 heterocycles. The van der Waals surface area contributed by atoms with E-state index >= 15 is 0 Å². The van der Waals surface area contributed by atoms with Crippen molar-refractivity contribution in [2.75, 3.05) is 13.2 Å². The first-order chi connectivity index (χ1) is 40.5. The van der Waals surface area contributed by atoms with Gasteiger partial charge in [-0.15, -0.1) is 0 Å². The number of carbonyl (C=O) groups excluding carboxylic acids is 2. The summed E-state index contributed by atoms with van der Waals surface area (Å²) < 4.78 is 5.51. The standard InChI is InChI=1S/C76H147NO5/c1-3-5-7-9-11-13-15-17-19-21-23-24-30-33-36-40-44-48-52-56-60-64-68-74(79)73(72-78)77-75(80)69-65-61-57-53-49-45-41-37-34-31-28-26-25-27-29-32-35-39-43-47-51-55-59-63-67-71-82-76(81)70-66-62-58-54-50-46-42-38-22-20-18-16-14-12-10-8-6-4-2/h20,22,26,28,73-74,78-79H,3-19,21,23-25,27,29-72H2,1-2H3,(H,77,80)/b22-20-,28-26-. The highest BCUT2D eigenvalue weighted by atomic mass is 16.5. The molecule has 0 spiro atoms. The summed E-state index contributed by atoms with van der Waals surface area (Å²) in [5.41, 5.74) is 0. The fraction of sp³-hybridized carbons (Fsp3) is 0.921. The van der Waals surface area contributed by atoms with Crippen molar-refractivity contribution in [3.05, 3.63) is 24.3 Å². The number of carbonyl (C=O) groups is 2. The molecule has 1 amide bonds. The van der Waals surface area contributed by atoms with Crippen molar-refractivity contribution in [1.29, 1.82) is 0 Å². The predicted molar refractivity (Wildman–Crippen MR) is 361 cm³/mol. The van der Waals surface area contributed by atoms with Gasteiger partial charge in [0, 0.05) is 12.8 Å². The van der Waals surface area contributed by atoms with E-state index < -0.39 is 12.1 Å². The van der Waals surface area contributed by atoms with Crippen molar-refractivity contribution >= 4 is 11.9 Å². The molecule has 6 nitrogen and oxygen atoms in total. The maximum absolute atomic E-state index is 12.6. The van der Waals surface area contributed by atoms with E-state index in [1.807, 2.05) is 0 Å². The summed E-state index contributed by atoms with van der Waals surface area (Å²) >= 11 is 0. The molecular formula is C76H147NO5. The number of esters is 1. The summed E-state index contributed by atoms with van der Waals surface area (Å²) in [6.45, 7) is 4.99. The highest BCUT2D eigenvalue weighted by Gasteiger charge is 2.20. The first kappa shape index (κ1) is 80.3. The SMILES string of the molecule is CCCCCCCCC/C=C\CCCCCCCCCC(=O)OCCCCCCCCCCCCCC/C=C\CCCCCCCCCCCC(=O)NC(CO)C(O)CCCCCCCCCCCCCCCCCCCCCCCC. The van der Waals surface area contributed by atoms with Gasteiger partial charge >= 0.3 is 5.97 Å². The number of amides is 1. The lowest BCUT2D eigenvalue weighted by Gasteiger charge is -2.22. The van der Waals surface area contributed by atoms with Crippen molar-refractivity contribution in [3.63, 3.8) is 0 Å². The largest absolute Gasteiger partial charge is 0.466 e. The van der Waals surface area contributed by atoms with Crippen LogP contribution in [0.4, 0.5) is 0 Å². The van der Waals surface area contributed by atoms with Crippen molar-refractivity contribution in [2.24, 2.45) is 0 Å². The fourth-order valence-electron chi connectivity index (χ4n) is 12.0. The molecule has 2 unspecified atom stereocenters. The van der Waals surface area contributed by atoms with Crippen LogP contribution in [-0.2, 0) is 14.3 Å². The number of aliphatic hydroxyl groups excluding tert-OH is 2. The van der Waals surface area contributed by atoms with Crippen LogP contribution >= 0.6 is 0 Å². The Hall–Kier alpha value is -1.66. The Kier molecular flexibility index (Phi) is 70.4. The van der Waals surface area contributed by atoms with Gasteiger partial charge in [0.05, 0.1) is 25.4 Å². The van der Waals surface area contributed by atoms with E-state index in [4.69, 9.17) is 4.74 Å². The van der Waals surface area contributed by atoms with Crippen LogP contribution < -0.4 is 5.32 Å². The molecule has 6 heteroatoms. The monoisotopic (exact) mass is 1150 g/mol. The van der Waals surface area contributed by atoms with E-state index in [9.17, 15) is 19.8 Å². The van der Waals surface area contributed by atoms with E-state index in [0.29, 0.717) is 25.9 Å². The van der Waals surface area contributed by atoms with Crippen LogP contribution in [0, 0.1) is 0 Å². The van der Waals surface area contributed by atoms with Crippen molar-refractivity contribution in [3.8, 4) is 0 Å². The van der Waals surface area contributed by atoms with Crippen LogP contribution in [0.25, 0.3) is 0 Å². The average molecular weight is 1160 g/mol. The molecule has 0 aromatic rings. The number of ether oxygens (including phenoxy) is 1. The second-order valence-corrected chi connectivity index (χ2v) is 26.0. The van der Waals surface area contributed by atoms with Gasteiger partial charge in [-0.05, 0) is 77.0 Å². The molecule has 0 fully saturated rings. The second-order valence-electron chi connectivity index (χ2n) is 26.0. The maximum atomic E-state index is 12.6. The smallest absolute Gasteiger partial charge is 0.305 e. The molecule has 0 aromatic carbocycles. The van der Waals surface area contributed by atoms with Gasteiger partial charge in [-0.3, -0.25) is 9.59 Å². The summed E-state index contributed by atoms with van der Waals surface area (Å²) in [5, 5.41) is 23.4. The summed E-state index contributed by atoms with van der Waals surface area (Å²) in [7, 11) is 0. The molecule has 0 radical (unpaired) electrons. The molecule has 0 aliphatic carbocycles. The molecule has 82 heavy (non-hydrogen) atoms.